The van der Waals surface area contributed by atoms with Crippen molar-refractivity contribution in [2.75, 3.05) is 6.61 Å². The van der Waals surface area contributed by atoms with Crippen LogP contribution >= 0.6 is 31.9 Å². The van der Waals surface area contributed by atoms with Crippen molar-refractivity contribution in [2.45, 2.75) is 51.3 Å². The molecule has 3 atom stereocenters. The molecule has 1 fully saturated rings. The average molecular weight is 418 g/mol. The Hall–Kier alpha value is -0.0200. The quantitative estimate of drug-likeness (QED) is 0.511. The third-order valence-electron chi connectivity index (χ3n) is 4.69. The minimum atomic E-state index is 0.429. The highest BCUT2D eigenvalue weighted by Gasteiger charge is 2.34. The van der Waals surface area contributed by atoms with Crippen LogP contribution in [0.15, 0.2) is 28.7 Å². The molecule has 0 bridgehead atoms. The highest BCUT2D eigenvalue weighted by atomic mass is 79.9. The molecule has 1 aromatic carbocycles. The minimum Gasteiger partial charge on any atom is -0.494 e. The molecular weight excluding hydrogens is 392 g/mol. The van der Waals surface area contributed by atoms with E-state index in [2.05, 4.69) is 52.6 Å². The first-order chi connectivity index (χ1) is 9.86. The fourth-order valence-corrected chi connectivity index (χ4v) is 4.18. The molecule has 0 spiro atoms. The van der Waals surface area contributed by atoms with Gasteiger partial charge in [0.25, 0.3) is 0 Å². The molecule has 3 unspecified atom stereocenters. The SMILES string of the molecule is CC(C)(C)C1CCC(Br)C(CCOc2ccc(Br)cc2)C1. The Kier molecular flexibility index (Phi) is 6.19. The molecule has 0 radical (unpaired) electrons. The van der Waals surface area contributed by atoms with Gasteiger partial charge in [0.05, 0.1) is 6.61 Å². The molecule has 21 heavy (non-hydrogen) atoms. The zero-order chi connectivity index (χ0) is 15.5. The van der Waals surface area contributed by atoms with Gasteiger partial charge in [-0.15, -0.1) is 0 Å². The number of alkyl halides is 1. The summed E-state index contributed by atoms with van der Waals surface area (Å²) in [5.74, 6) is 2.54. The summed E-state index contributed by atoms with van der Waals surface area (Å²) in [6, 6.07) is 8.10. The molecule has 1 aliphatic rings. The highest BCUT2D eigenvalue weighted by Crippen LogP contribution is 2.43. The van der Waals surface area contributed by atoms with Crippen molar-refractivity contribution in [3.05, 3.63) is 28.7 Å². The van der Waals surface area contributed by atoms with Crippen molar-refractivity contribution in [3.8, 4) is 5.75 Å². The Morgan fingerprint density at radius 2 is 1.81 bits per heavy atom. The first-order valence-corrected chi connectivity index (χ1v) is 9.59. The van der Waals surface area contributed by atoms with Crippen LogP contribution in [0.3, 0.4) is 0 Å². The van der Waals surface area contributed by atoms with Crippen LogP contribution in [0.5, 0.6) is 5.75 Å². The van der Waals surface area contributed by atoms with E-state index in [-0.39, 0.29) is 0 Å². The Morgan fingerprint density at radius 1 is 1.14 bits per heavy atom. The van der Waals surface area contributed by atoms with E-state index < -0.39 is 0 Å². The molecular formula is C18H26Br2O. The van der Waals surface area contributed by atoms with Gasteiger partial charge in [0.15, 0.2) is 0 Å². The number of hydrogen-bond acceptors (Lipinski definition) is 1. The van der Waals surface area contributed by atoms with Crippen LogP contribution in [-0.4, -0.2) is 11.4 Å². The van der Waals surface area contributed by atoms with Crippen molar-refractivity contribution in [1.82, 2.24) is 0 Å². The molecule has 118 valence electrons. The zero-order valence-corrected chi connectivity index (χ0v) is 16.4. The van der Waals surface area contributed by atoms with Gasteiger partial charge < -0.3 is 4.74 Å². The third kappa shape index (κ3) is 5.28. The topological polar surface area (TPSA) is 9.23 Å². The van der Waals surface area contributed by atoms with E-state index in [1.54, 1.807) is 0 Å². The molecule has 0 N–H and O–H groups in total. The summed E-state index contributed by atoms with van der Waals surface area (Å²) < 4.78 is 6.98. The largest absolute Gasteiger partial charge is 0.494 e. The molecule has 0 amide bonds. The van der Waals surface area contributed by atoms with Crippen LogP contribution < -0.4 is 4.74 Å². The van der Waals surface area contributed by atoms with E-state index in [4.69, 9.17) is 4.74 Å². The predicted molar refractivity (Wildman–Crippen MR) is 97.3 cm³/mol. The van der Waals surface area contributed by atoms with E-state index in [0.29, 0.717) is 10.2 Å². The van der Waals surface area contributed by atoms with Crippen molar-refractivity contribution >= 4 is 31.9 Å². The van der Waals surface area contributed by atoms with Crippen molar-refractivity contribution in [1.29, 1.82) is 0 Å². The Labute approximate surface area is 146 Å². The van der Waals surface area contributed by atoms with Gasteiger partial charge in [-0.2, -0.15) is 0 Å². The Balaban J connectivity index is 1.82. The zero-order valence-electron chi connectivity index (χ0n) is 13.2. The normalized spacial score (nSPS) is 26.6. The van der Waals surface area contributed by atoms with Gasteiger partial charge in [-0.05, 0) is 67.2 Å². The number of benzene rings is 1. The standard InChI is InChI=1S/C18H26Br2O/c1-18(2,3)14-4-9-17(20)13(12-14)10-11-21-16-7-5-15(19)6-8-16/h5-8,13-14,17H,4,9-12H2,1-3H3. The van der Waals surface area contributed by atoms with Crippen LogP contribution in [0.25, 0.3) is 0 Å². The molecule has 0 saturated heterocycles. The fraction of sp³-hybridized carbons (Fsp3) is 0.667. The highest BCUT2D eigenvalue weighted by molar-refractivity contribution is 9.10. The maximum Gasteiger partial charge on any atom is 0.119 e. The second-order valence-corrected chi connectivity index (χ2v) is 9.33. The summed E-state index contributed by atoms with van der Waals surface area (Å²) in [5.41, 5.74) is 0.429. The van der Waals surface area contributed by atoms with Gasteiger partial charge in [0, 0.05) is 9.30 Å². The van der Waals surface area contributed by atoms with E-state index in [0.717, 1.165) is 35.1 Å². The summed E-state index contributed by atoms with van der Waals surface area (Å²) in [5, 5.41) is 0. The lowest BCUT2D eigenvalue weighted by atomic mass is 9.68. The Bertz CT molecular complexity index is 436. The Morgan fingerprint density at radius 3 is 2.43 bits per heavy atom. The summed E-state index contributed by atoms with van der Waals surface area (Å²) in [6.07, 6.45) is 5.11. The molecule has 0 aliphatic heterocycles. The molecule has 3 heteroatoms. The van der Waals surface area contributed by atoms with Gasteiger partial charge in [0.2, 0.25) is 0 Å². The summed E-state index contributed by atoms with van der Waals surface area (Å²) >= 11 is 7.33. The second-order valence-electron chi connectivity index (χ2n) is 7.24. The maximum absolute atomic E-state index is 5.89. The van der Waals surface area contributed by atoms with Gasteiger partial charge in [-0.1, -0.05) is 52.6 Å². The number of ether oxygens (including phenoxy) is 1. The summed E-state index contributed by atoms with van der Waals surface area (Å²) in [4.78, 5) is 0.657. The molecule has 1 saturated carbocycles. The number of hydrogen-bond donors (Lipinski definition) is 0. The van der Waals surface area contributed by atoms with Crippen molar-refractivity contribution < 1.29 is 4.74 Å². The second kappa shape index (κ2) is 7.50. The van der Waals surface area contributed by atoms with Gasteiger partial charge in [-0.25, -0.2) is 0 Å². The molecule has 0 aromatic heterocycles. The molecule has 1 aliphatic carbocycles. The third-order valence-corrected chi connectivity index (χ3v) is 6.42. The average Bonchev–Trinajstić information content (AvgIpc) is 2.42. The number of halogens is 2. The number of rotatable bonds is 4. The molecule has 2 rings (SSSR count). The van der Waals surface area contributed by atoms with E-state index in [9.17, 15) is 0 Å². The van der Waals surface area contributed by atoms with E-state index >= 15 is 0 Å². The van der Waals surface area contributed by atoms with E-state index in [1.165, 1.54) is 19.3 Å². The van der Waals surface area contributed by atoms with Crippen LogP contribution in [0.2, 0.25) is 0 Å². The first-order valence-electron chi connectivity index (χ1n) is 7.88. The summed E-state index contributed by atoms with van der Waals surface area (Å²) in [7, 11) is 0. The van der Waals surface area contributed by atoms with Gasteiger partial charge in [0.1, 0.15) is 5.75 Å². The fourth-order valence-electron chi connectivity index (χ4n) is 3.17. The lowest BCUT2D eigenvalue weighted by molar-refractivity contribution is 0.133. The predicted octanol–water partition coefficient (Wildman–Crippen LogP) is 6.44. The van der Waals surface area contributed by atoms with Crippen molar-refractivity contribution in [2.24, 2.45) is 17.3 Å². The lowest BCUT2D eigenvalue weighted by Gasteiger charge is -2.40. The molecule has 0 heterocycles. The molecule has 1 nitrogen and oxygen atoms in total. The van der Waals surface area contributed by atoms with Gasteiger partial charge >= 0.3 is 0 Å². The monoisotopic (exact) mass is 416 g/mol. The first kappa shape index (κ1) is 17.3. The smallest absolute Gasteiger partial charge is 0.119 e. The van der Waals surface area contributed by atoms with Crippen LogP contribution in [0.1, 0.15) is 46.5 Å². The summed E-state index contributed by atoms with van der Waals surface area (Å²) in [6.45, 7) is 7.94. The minimum absolute atomic E-state index is 0.429. The van der Waals surface area contributed by atoms with E-state index in [1.807, 2.05) is 24.3 Å². The maximum atomic E-state index is 5.89. The molecule has 1 aromatic rings. The van der Waals surface area contributed by atoms with Gasteiger partial charge in [-0.3, -0.25) is 0 Å². The van der Waals surface area contributed by atoms with Crippen LogP contribution in [0.4, 0.5) is 0 Å². The van der Waals surface area contributed by atoms with Crippen molar-refractivity contribution in [3.63, 3.8) is 0 Å². The van der Waals surface area contributed by atoms with Crippen LogP contribution in [-0.2, 0) is 0 Å². The lowest BCUT2D eigenvalue weighted by Crippen LogP contribution is -2.32. The van der Waals surface area contributed by atoms with Crippen LogP contribution in [0, 0.1) is 17.3 Å².